The summed E-state index contributed by atoms with van der Waals surface area (Å²) in [6.45, 7) is 0.0118. The second-order valence-corrected chi connectivity index (χ2v) is 6.13. The molecule has 0 aliphatic rings. The molecule has 128 valence electrons. The fraction of sp³-hybridized carbons (Fsp3) is 0.0952. The maximum atomic E-state index is 10.9. The number of aliphatic hydroxyl groups is 1. The summed E-state index contributed by atoms with van der Waals surface area (Å²) in [5, 5.41) is 23.6. The van der Waals surface area contributed by atoms with Gasteiger partial charge in [0.05, 0.1) is 16.1 Å². The van der Waals surface area contributed by atoms with Crippen molar-refractivity contribution < 1.29 is 10.0 Å². The molecule has 0 aliphatic carbocycles. The molecule has 0 saturated heterocycles. The van der Waals surface area contributed by atoms with E-state index in [9.17, 15) is 15.2 Å². The summed E-state index contributed by atoms with van der Waals surface area (Å²) < 4.78 is 0. The topological polar surface area (TPSA) is 76.3 Å². The number of rotatable bonds is 4. The molecule has 1 heterocycles. The highest BCUT2D eigenvalue weighted by Crippen LogP contribution is 2.31. The van der Waals surface area contributed by atoms with Crippen LogP contribution in [-0.4, -0.2) is 21.6 Å². The second kappa shape index (κ2) is 6.54. The van der Waals surface area contributed by atoms with Gasteiger partial charge in [-0.3, -0.25) is 10.1 Å². The predicted molar refractivity (Wildman–Crippen MR) is 102 cm³/mol. The van der Waals surface area contributed by atoms with Crippen LogP contribution in [0.15, 0.2) is 66.7 Å². The minimum atomic E-state index is -0.418. The smallest absolute Gasteiger partial charge is 0.269 e. The van der Waals surface area contributed by atoms with E-state index in [0.717, 1.165) is 38.5 Å². The summed E-state index contributed by atoms with van der Waals surface area (Å²) in [5.41, 5.74) is 3.37. The first-order valence-electron chi connectivity index (χ1n) is 8.34. The van der Waals surface area contributed by atoms with E-state index in [2.05, 4.69) is 18.2 Å². The monoisotopic (exact) mass is 344 g/mol. The predicted octanol–water partition coefficient (Wildman–Crippen LogP) is 4.50. The van der Waals surface area contributed by atoms with E-state index in [4.69, 9.17) is 4.98 Å². The number of aromatic nitrogens is 1. The molecule has 0 bridgehead atoms. The summed E-state index contributed by atoms with van der Waals surface area (Å²) in [7, 11) is 0. The van der Waals surface area contributed by atoms with Gasteiger partial charge in [0.2, 0.25) is 0 Å². The number of hydrogen-bond acceptors (Lipinski definition) is 4. The van der Waals surface area contributed by atoms with Gasteiger partial charge in [0.1, 0.15) is 0 Å². The maximum absolute atomic E-state index is 10.9. The van der Waals surface area contributed by atoms with E-state index in [1.807, 2.05) is 24.3 Å². The minimum absolute atomic E-state index is 0.0118. The number of pyridine rings is 1. The largest absolute Gasteiger partial charge is 0.396 e. The third-order valence-corrected chi connectivity index (χ3v) is 4.54. The molecule has 5 heteroatoms. The van der Waals surface area contributed by atoms with Gasteiger partial charge in [-0.2, -0.15) is 0 Å². The van der Waals surface area contributed by atoms with Crippen molar-refractivity contribution in [3.63, 3.8) is 0 Å². The van der Waals surface area contributed by atoms with E-state index in [0.29, 0.717) is 6.42 Å². The van der Waals surface area contributed by atoms with Gasteiger partial charge in [-0.05, 0) is 47.0 Å². The quantitative estimate of drug-likeness (QED) is 0.336. The molecular formula is C21H16N2O3. The van der Waals surface area contributed by atoms with Crippen LogP contribution in [0.4, 0.5) is 5.69 Å². The molecule has 0 amide bonds. The zero-order valence-corrected chi connectivity index (χ0v) is 13.9. The Bertz CT molecular complexity index is 1120. The minimum Gasteiger partial charge on any atom is -0.396 e. The van der Waals surface area contributed by atoms with Gasteiger partial charge in [0.15, 0.2) is 0 Å². The third kappa shape index (κ3) is 2.78. The number of non-ortho nitro benzene ring substituents is 1. The first-order chi connectivity index (χ1) is 12.7. The highest BCUT2D eigenvalue weighted by atomic mass is 16.6. The third-order valence-electron chi connectivity index (χ3n) is 4.54. The van der Waals surface area contributed by atoms with Gasteiger partial charge in [-0.25, -0.2) is 4.98 Å². The molecule has 26 heavy (non-hydrogen) atoms. The first-order valence-corrected chi connectivity index (χ1v) is 8.34. The lowest BCUT2D eigenvalue weighted by Gasteiger charge is -2.12. The fourth-order valence-electron chi connectivity index (χ4n) is 3.27. The standard InChI is InChI=1S/C21H16N2O3/c24-12-11-16-13-19-18-4-2-1-3-14(18)7-10-20(19)22-21(16)15-5-8-17(9-6-15)23(25)26/h1-10,13,24H,11-12H2. The number of aliphatic hydroxyl groups excluding tert-OH is 1. The lowest BCUT2D eigenvalue weighted by molar-refractivity contribution is -0.384. The number of nitro benzene ring substituents is 1. The lowest BCUT2D eigenvalue weighted by Crippen LogP contribution is -1.98. The van der Waals surface area contributed by atoms with Gasteiger partial charge < -0.3 is 5.11 Å². The number of hydrogen-bond donors (Lipinski definition) is 1. The molecule has 4 rings (SSSR count). The molecule has 0 fully saturated rings. The fourth-order valence-corrected chi connectivity index (χ4v) is 3.27. The Balaban J connectivity index is 1.94. The summed E-state index contributed by atoms with van der Waals surface area (Å²) in [5.74, 6) is 0. The van der Waals surface area contributed by atoms with Crippen LogP contribution in [0.25, 0.3) is 32.9 Å². The van der Waals surface area contributed by atoms with Crippen molar-refractivity contribution in [3.8, 4) is 11.3 Å². The van der Waals surface area contributed by atoms with Gasteiger partial charge in [-0.1, -0.05) is 30.3 Å². The molecule has 1 N–H and O–H groups in total. The molecule has 5 nitrogen and oxygen atoms in total. The highest BCUT2D eigenvalue weighted by molar-refractivity contribution is 6.06. The van der Waals surface area contributed by atoms with Crippen molar-refractivity contribution in [1.29, 1.82) is 0 Å². The van der Waals surface area contributed by atoms with E-state index in [1.165, 1.54) is 12.1 Å². The second-order valence-electron chi connectivity index (χ2n) is 6.13. The van der Waals surface area contributed by atoms with Crippen molar-refractivity contribution in [2.45, 2.75) is 6.42 Å². The highest BCUT2D eigenvalue weighted by Gasteiger charge is 2.12. The van der Waals surface area contributed by atoms with Crippen LogP contribution in [0.5, 0.6) is 0 Å². The van der Waals surface area contributed by atoms with Gasteiger partial charge in [-0.15, -0.1) is 0 Å². The van der Waals surface area contributed by atoms with Crippen LogP contribution in [0.1, 0.15) is 5.56 Å². The Morgan fingerprint density at radius 3 is 2.46 bits per heavy atom. The summed E-state index contributed by atoms with van der Waals surface area (Å²) in [4.78, 5) is 15.3. The summed E-state index contributed by atoms with van der Waals surface area (Å²) >= 11 is 0. The number of fused-ring (bicyclic) bond motifs is 3. The number of nitrogens with zero attached hydrogens (tertiary/aromatic N) is 2. The van der Waals surface area contributed by atoms with Crippen LogP contribution in [0, 0.1) is 10.1 Å². The molecule has 0 spiro atoms. The van der Waals surface area contributed by atoms with Crippen LogP contribution in [0.3, 0.4) is 0 Å². The molecule has 0 radical (unpaired) electrons. The Kier molecular flexibility index (Phi) is 4.07. The molecular weight excluding hydrogens is 328 g/mol. The number of nitro groups is 1. The zero-order chi connectivity index (χ0) is 18.1. The van der Waals surface area contributed by atoms with Gasteiger partial charge in [0.25, 0.3) is 5.69 Å². The van der Waals surface area contributed by atoms with Crippen LogP contribution >= 0.6 is 0 Å². The van der Waals surface area contributed by atoms with Crippen LogP contribution < -0.4 is 0 Å². The van der Waals surface area contributed by atoms with Crippen molar-refractivity contribution in [2.75, 3.05) is 6.61 Å². The van der Waals surface area contributed by atoms with E-state index < -0.39 is 4.92 Å². The average Bonchev–Trinajstić information content (AvgIpc) is 2.68. The molecule has 0 atom stereocenters. The first kappa shape index (κ1) is 16.2. The van der Waals surface area contributed by atoms with Crippen molar-refractivity contribution >= 4 is 27.4 Å². The Morgan fingerprint density at radius 2 is 1.73 bits per heavy atom. The van der Waals surface area contributed by atoms with Crippen molar-refractivity contribution in [1.82, 2.24) is 4.98 Å². The van der Waals surface area contributed by atoms with Gasteiger partial charge in [0, 0.05) is 29.7 Å². The number of benzene rings is 3. The SMILES string of the molecule is O=[N+]([O-])c1ccc(-c2nc3ccc4ccccc4c3cc2CCO)cc1. The van der Waals surface area contributed by atoms with Crippen LogP contribution in [0.2, 0.25) is 0 Å². The maximum Gasteiger partial charge on any atom is 0.269 e. The van der Waals surface area contributed by atoms with E-state index >= 15 is 0 Å². The van der Waals surface area contributed by atoms with E-state index in [1.54, 1.807) is 12.1 Å². The molecule has 0 saturated carbocycles. The average molecular weight is 344 g/mol. The molecule has 4 aromatic rings. The summed E-state index contributed by atoms with van der Waals surface area (Å²) in [6.07, 6.45) is 0.471. The van der Waals surface area contributed by atoms with Crippen molar-refractivity contribution in [2.24, 2.45) is 0 Å². The van der Waals surface area contributed by atoms with Crippen LogP contribution in [-0.2, 0) is 6.42 Å². The molecule has 3 aromatic carbocycles. The Labute approximate surface area is 149 Å². The Morgan fingerprint density at radius 1 is 0.962 bits per heavy atom. The van der Waals surface area contributed by atoms with E-state index in [-0.39, 0.29) is 12.3 Å². The molecule has 0 aliphatic heterocycles. The molecule has 1 aromatic heterocycles. The zero-order valence-electron chi connectivity index (χ0n) is 13.9. The molecule has 0 unspecified atom stereocenters. The van der Waals surface area contributed by atoms with Gasteiger partial charge >= 0.3 is 0 Å². The summed E-state index contributed by atoms with van der Waals surface area (Å²) in [6, 6.07) is 20.6. The lowest BCUT2D eigenvalue weighted by atomic mass is 9.98. The van der Waals surface area contributed by atoms with Crippen molar-refractivity contribution in [3.05, 3.63) is 82.4 Å². The Hall–Kier alpha value is -3.31. The normalized spacial score (nSPS) is 11.1.